The lowest BCUT2D eigenvalue weighted by atomic mass is 9.69. The van der Waals surface area contributed by atoms with Gasteiger partial charge in [0.2, 0.25) is 0 Å². The summed E-state index contributed by atoms with van der Waals surface area (Å²) >= 11 is 0. The lowest BCUT2D eigenvalue weighted by Crippen LogP contribution is -2.41. The fourth-order valence-corrected chi connectivity index (χ4v) is 3.95. The minimum Gasteiger partial charge on any atom is -0.493 e. The Bertz CT molecular complexity index is 652. The third-order valence-electron chi connectivity index (χ3n) is 5.03. The second-order valence-electron chi connectivity index (χ2n) is 6.27. The first-order chi connectivity index (χ1) is 10.1. The molecule has 4 heteroatoms. The van der Waals surface area contributed by atoms with E-state index in [1.165, 1.54) is 11.1 Å². The highest BCUT2D eigenvalue weighted by Crippen LogP contribution is 2.55. The van der Waals surface area contributed by atoms with Gasteiger partial charge in [0.05, 0.1) is 12.5 Å². The molecular weight excluding hydrogens is 266 g/mol. The lowest BCUT2D eigenvalue weighted by Gasteiger charge is -2.33. The number of allylic oxidation sites excluding steroid dienone is 1. The van der Waals surface area contributed by atoms with Crippen molar-refractivity contribution in [1.29, 1.82) is 0 Å². The molecule has 1 aromatic rings. The summed E-state index contributed by atoms with van der Waals surface area (Å²) in [5.41, 5.74) is 2.35. The summed E-state index contributed by atoms with van der Waals surface area (Å²) in [6, 6.07) is 4.11. The van der Waals surface area contributed by atoms with Gasteiger partial charge in [-0.05, 0) is 37.7 Å². The van der Waals surface area contributed by atoms with Gasteiger partial charge < -0.3 is 14.4 Å². The van der Waals surface area contributed by atoms with E-state index in [0.29, 0.717) is 6.42 Å². The van der Waals surface area contributed by atoms with Crippen LogP contribution in [-0.4, -0.2) is 37.5 Å². The Morgan fingerprint density at radius 2 is 2.29 bits per heavy atom. The Morgan fingerprint density at radius 3 is 3.10 bits per heavy atom. The van der Waals surface area contributed by atoms with Crippen molar-refractivity contribution in [2.45, 2.75) is 30.9 Å². The van der Waals surface area contributed by atoms with Crippen LogP contribution in [0.15, 0.2) is 24.3 Å². The second kappa shape index (κ2) is 4.34. The van der Waals surface area contributed by atoms with E-state index in [1.807, 2.05) is 6.07 Å². The maximum Gasteiger partial charge on any atom is 0.166 e. The first-order valence-corrected chi connectivity index (χ1v) is 7.41. The standard InChI is InChI=1S/C17H19NO3/c1-18-8-7-17-6-5-12(19)9-14(17)21-16-13(20-2)4-3-11(10-18)15(16)17/h3-6,14H,7-10H2,1-2H3. The van der Waals surface area contributed by atoms with Crippen LogP contribution in [0, 0.1) is 0 Å². The molecule has 21 heavy (non-hydrogen) atoms. The van der Waals surface area contributed by atoms with Crippen molar-refractivity contribution in [2.75, 3.05) is 20.7 Å². The number of carbonyl (C=O) groups is 1. The highest BCUT2D eigenvalue weighted by Gasteiger charge is 2.52. The average Bonchev–Trinajstić information content (AvgIpc) is 2.72. The van der Waals surface area contributed by atoms with Gasteiger partial charge in [-0.3, -0.25) is 4.79 Å². The Labute approximate surface area is 124 Å². The van der Waals surface area contributed by atoms with E-state index in [4.69, 9.17) is 9.47 Å². The molecule has 0 aromatic heterocycles. The second-order valence-corrected chi connectivity index (χ2v) is 6.27. The predicted octanol–water partition coefficient (Wildman–Crippen LogP) is 2.06. The van der Waals surface area contributed by atoms with Gasteiger partial charge in [-0.15, -0.1) is 0 Å². The van der Waals surface area contributed by atoms with Crippen LogP contribution in [-0.2, 0) is 16.8 Å². The molecule has 0 bridgehead atoms. The average molecular weight is 285 g/mol. The molecule has 4 nitrogen and oxygen atoms in total. The summed E-state index contributed by atoms with van der Waals surface area (Å²) in [6.07, 6.45) is 5.16. The molecule has 0 N–H and O–H groups in total. The van der Waals surface area contributed by atoms with Crippen molar-refractivity contribution in [2.24, 2.45) is 0 Å². The topological polar surface area (TPSA) is 38.8 Å². The zero-order chi connectivity index (χ0) is 14.6. The molecule has 2 atom stereocenters. The molecule has 110 valence electrons. The zero-order valence-corrected chi connectivity index (χ0v) is 12.4. The normalized spacial score (nSPS) is 30.4. The number of ether oxygens (including phenoxy) is 2. The summed E-state index contributed by atoms with van der Waals surface area (Å²) in [4.78, 5) is 14.1. The number of methoxy groups -OCH3 is 1. The summed E-state index contributed by atoms with van der Waals surface area (Å²) in [5, 5.41) is 0. The molecule has 2 aliphatic heterocycles. The van der Waals surface area contributed by atoms with Gasteiger partial charge in [-0.2, -0.15) is 0 Å². The molecule has 0 saturated heterocycles. The van der Waals surface area contributed by atoms with Crippen LogP contribution in [0.3, 0.4) is 0 Å². The SMILES string of the molecule is COc1ccc2c3c1OC1CC(=O)C=CC31CCN(C)C2. The van der Waals surface area contributed by atoms with Gasteiger partial charge in [-0.25, -0.2) is 0 Å². The molecule has 1 aliphatic carbocycles. The number of nitrogens with zero attached hydrogens (tertiary/aromatic N) is 1. The Morgan fingerprint density at radius 1 is 1.43 bits per heavy atom. The maximum atomic E-state index is 11.8. The number of benzene rings is 1. The van der Waals surface area contributed by atoms with Crippen molar-refractivity contribution >= 4 is 5.78 Å². The van der Waals surface area contributed by atoms with Crippen LogP contribution < -0.4 is 9.47 Å². The Hall–Kier alpha value is -1.81. The van der Waals surface area contributed by atoms with Gasteiger partial charge in [0.15, 0.2) is 17.3 Å². The Kier molecular flexibility index (Phi) is 2.67. The number of hydrogen-bond acceptors (Lipinski definition) is 4. The van der Waals surface area contributed by atoms with Gasteiger partial charge in [0, 0.05) is 18.5 Å². The fourth-order valence-electron chi connectivity index (χ4n) is 3.95. The third kappa shape index (κ3) is 1.69. The Balaban J connectivity index is 1.97. The van der Waals surface area contributed by atoms with Crippen LogP contribution in [0.5, 0.6) is 11.5 Å². The summed E-state index contributed by atoms with van der Waals surface area (Å²) in [7, 11) is 3.81. The molecule has 0 fully saturated rings. The highest BCUT2D eigenvalue weighted by molar-refractivity contribution is 5.92. The van der Waals surface area contributed by atoms with Gasteiger partial charge in [0.1, 0.15) is 6.10 Å². The summed E-state index contributed by atoms with van der Waals surface area (Å²) in [5.74, 6) is 1.76. The molecule has 1 aromatic carbocycles. The van der Waals surface area contributed by atoms with Crippen LogP contribution in [0.25, 0.3) is 0 Å². The molecular formula is C17H19NO3. The number of hydrogen-bond donors (Lipinski definition) is 0. The first kappa shape index (κ1) is 12.9. The van der Waals surface area contributed by atoms with Crippen molar-refractivity contribution in [3.8, 4) is 11.5 Å². The van der Waals surface area contributed by atoms with E-state index in [2.05, 4.69) is 24.1 Å². The van der Waals surface area contributed by atoms with Crippen LogP contribution in [0.4, 0.5) is 0 Å². The van der Waals surface area contributed by atoms with E-state index < -0.39 is 0 Å². The fraction of sp³-hybridized carbons (Fsp3) is 0.471. The first-order valence-electron chi connectivity index (χ1n) is 7.41. The van der Waals surface area contributed by atoms with E-state index >= 15 is 0 Å². The molecule has 3 aliphatic rings. The maximum absolute atomic E-state index is 11.8. The van der Waals surface area contributed by atoms with Crippen LogP contribution in [0.1, 0.15) is 24.0 Å². The quantitative estimate of drug-likeness (QED) is 0.791. The van der Waals surface area contributed by atoms with E-state index in [1.54, 1.807) is 13.2 Å². The number of carbonyl (C=O) groups excluding carboxylic acids is 1. The van der Waals surface area contributed by atoms with Crippen molar-refractivity contribution in [1.82, 2.24) is 4.90 Å². The molecule has 0 radical (unpaired) electrons. The van der Waals surface area contributed by atoms with Crippen molar-refractivity contribution in [3.05, 3.63) is 35.4 Å². The zero-order valence-electron chi connectivity index (χ0n) is 12.4. The van der Waals surface area contributed by atoms with Crippen molar-refractivity contribution in [3.63, 3.8) is 0 Å². The largest absolute Gasteiger partial charge is 0.493 e. The molecule has 1 spiro atoms. The molecule has 2 heterocycles. The lowest BCUT2D eigenvalue weighted by molar-refractivity contribution is -0.117. The van der Waals surface area contributed by atoms with Crippen molar-refractivity contribution < 1.29 is 14.3 Å². The molecule has 2 unspecified atom stereocenters. The monoisotopic (exact) mass is 285 g/mol. The highest BCUT2D eigenvalue weighted by atomic mass is 16.5. The van der Waals surface area contributed by atoms with Gasteiger partial charge in [0.25, 0.3) is 0 Å². The number of rotatable bonds is 1. The van der Waals surface area contributed by atoms with Crippen LogP contribution in [0.2, 0.25) is 0 Å². The van der Waals surface area contributed by atoms with E-state index in [-0.39, 0.29) is 17.3 Å². The summed E-state index contributed by atoms with van der Waals surface area (Å²) in [6.45, 7) is 1.90. The number of ketones is 1. The smallest absolute Gasteiger partial charge is 0.166 e. The predicted molar refractivity (Wildman–Crippen MR) is 78.8 cm³/mol. The summed E-state index contributed by atoms with van der Waals surface area (Å²) < 4.78 is 11.7. The van der Waals surface area contributed by atoms with Gasteiger partial charge in [-0.1, -0.05) is 12.1 Å². The minimum atomic E-state index is -0.169. The van der Waals surface area contributed by atoms with Gasteiger partial charge >= 0.3 is 0 Å². The molecule has 0 saturated carbocycles. The van der Waals surface area contributed by atoms with E-state index in [0.717, 1.165) is 31.0 Å². The molecule has 0 amide bonds. The van der Waals surface area contributed by atoms with Crippen LogP contribution >= 0.6 is 0 Å². The van der Waals surface area contributed by atoms with E-state index in [9.17, 15) is 4.79 Å². The third-order valence-corrected chi connectivity index (χ3v) is 5.03. The molecule has 4 rings (SSSR count). The minimum absolute atomic E-state index is 0.0912.